The number of carboxylic acid groups (broad SMARTS) is 1. The van der Waals surface area contributed by atoms with Crippen molar-refractivity contribution in [2.45, 2.75) is 25.7 Å². The summed E-state index contributed by atoms with van der Waals surface area (Å²) in [7, 11) is 1.30. The molecular weight excluding hydrogens is 252 g/mol. The van der Waals surface area contributed by atoms with Crippen LogP contribution in [0, 0.1) is 5.92 Å². The van der Waals surface area contributed by atoms with Crippen LogP contribution in [0.4, 0.5) is 4.79 Å². The number of hydrogen-bond donors (Lipinski definition) is 2. The first-order valence-corrected chi connectivity index (χ1v) is 6.34. The number of nitrogens with zero attached hydrogens (tertiary/aromatic N) is 1. The number of amides is 2. The van der Waals surface area contributed by atoms with Crippen LogP contribution in [0.1, 0.15) is 25.7 Å². The summed E-state index contributed by atoms with van der Waals surface area (Å²) in [5.74, 6) is -1.20. The fourth-order valence-electron chi connectivity index (χ4n) is 2.15. The maximum atomic E-state index is 11.8. The Morgan fingerprint density at radius 2 is 2.16 bits per heavy atom. The molecule has 2 N–H and O–H groups in total. The lowest BCUT2D eigenvalue weighted by Crippen LogP contribution is -2.46. The number of hydrogen-bond acceptors (Lipinski definition) is 4. The second-order valence-electron chi connectivity index (χ2n) is 4.61. The molecule has 0 aromatic carbocycles. The Labute approximate surface area is 111 Å². The fraction of sp³-hybridized carbons (Fsp3) is 0.750. The minimum Gasteiger partial charge on any atom is -0.481 e. The maximum Gasteiger partial charge on any atom is 0.317 e. The van der Waals surface area contributed by atoms with E-state index in [-0.39, 0.29) is 37.3 Å². The van der Waals surface area contributed by atoms with Crippen molar-refractivity contribution in [3.8, 4) is 0 Å². The van der Waals surface area contributed by atoms with Gasteiger partial charge in [0.15, 0.2) is 0 Å². The van der Waals surface area contributed by atoms with E-state index in [1.54, 1.807) is 4.90 Å². The van der Waals surface area contributed by atoms with Crippen LogP contribution in [-0.2, 0) is 14.3 Å². The van der Waals surface area contributed by atoms with E-state index < -0.39 is 5.97 Å². The van der Waals surface area contributed by atoms with Crippen LogP contribution in [0.2, 0.25) is 0 Å². The number of methoxy groups -OCH3 is 1. The standard InChI is InChI=1S/C12H20N2O5/c1-19-11(17)4-5-13-12(18)14-6-2-3-9(8-14)7-10(15)16/h9H,2-8H2,1H3,(H,13,18)(H,15,16). The van der Waals surface area contributed by atoms with E-state index >= 15 is 0 Å². The molecule has 0 aliphatic carbocycles. The summed E-state index contributed by atoms with van der Waals surface area (Å²) in [4.78, 5) is 35.0. The lowest BCUT2D eigenvalue weighted by Gasteiger charge is -2.32. The molecule has 0 aromatic heterocycles. The Balaban J connectivity index is 2.31. The van der Waals surface area contributed by atoms with Gasteiger partial charge in [0.25, 0.3) is 0 Å². The number of rotatable bonds is 5. The molecule has 1 aliphatic heterocycles. The predicted octanol–water partition coefficient (Wildman–Crippen LogP) is 0.446. The summed E-state index contributed by atoms with van der Waals surface area (Å²) < 4.78 is 4.47. The van der Waals surface area contributed by atoms with Gasteiger partial charge in [-0.1, -0.05) is 0 Å². The van der Waals surface area contributed by atoms with Gasteiger partial charge in [0.2, 0.25) is 0 Å². The topological polar surface area (TPSA) is 95.9 Å². The van der Waals surface area contributed by atoms with Crippen LogP contribution in [0.3, 0.4) is 0 Å². The third-order valence-electron chi connectivity index (χ3n) is 3.10. The number of nitrogens with one attached hydrogen (secondary N) is 1. The van der Waals surface area contributed by atoms with Gasteiger partial charge >= 0.3 is 18.0 Å². The van der Waals surface area contributed by atoms with Gasteiger partial charge in [0, 0.05) is 26.1 Å². The van der Waals surface area contributed by atoms with E-state index in [0.29, 0.717) is 13.1 Å². The summed E-state index contributed by atoms with van der Waals surface area (Å²) in [5, 5.41) is 11.4. The molecule has 19 heavy (non-hydrogen) atoms. The number of esters is 1. The van der Waals surface area contributed by atoms with Crippen molar-refractivity contribution >= 4 is 18.0 Å². The van der Waals surface area contributed by atoms with Crippen LogP contribution in [0.5, 0.6) is 0 Å². The van der Waals surface area contributed by atoms with Crippen molar-refractivity contribution in [2.24, 2.45) is 5.92 Å². The molecule has 0 saturated carbocycles. The van der Waals surface area contributed by atoms with Crippen LogP contribution >= 0.6 is 0 Å². The monoisotopic (exact) mass is 272 g/mol. The number of carboxylic acids is 1. The van der Waals surface area contributed by atoms with Crippen molar-refractivity contribution in [2.75, 3.05) is 26.7 Å². The molecule has 2 amide bonds. The molecule has 0 radical (unpaired) electrons. The largest absolute Gasteiger partial charge is 0.481 e. The summed E-state index contributed by atoms with van der Waals surface area (Å²) in [6.07, 6.45) is 1.86. The number of likely N-dealkylation sites (tertiary alicyclic amines) is 1. The number of carbonyl (C=O) groups is 3. The molecular formula is C12H20N2O5. The minimum absolute atomic E-state index is 0.0117. The highest BCUT2D eigenvalue weighted by Gasteiger charge is 2.25. The van der Waals surface area contributed by atoms with E-state index in [1.165, 1.54) is 7.11 Å². The first-order chi connectivity index (χ1) is 9.02. The molecule has 108 valence electrons. The number of carbonyl (C=O) groups excluding carboxylic acids is 2. The van der Waals surface area contributed by atoms with E-state index in [2.05, 4.69) is 10.1 Å². The van der Waals surface area contributed by atoms with Crippen molar-refractivity contribution < 1.29 is 24.2 Å². The first-order valence-electron chi connectivity index (χ1n) is 6.34. The zero-order valence-corrected chi connectivity index (χ0v) is 11.1. The van der Waals surface area contributed by atoms with E-state index in [9.17, 15) is 14.4 Å². The maximum absolute atomic E-state index is 11.8. The highest BCUT2D eigenvalue weighted by Crippen LogP contribution is 2.19. The van der Waals surface area contributed by atoms with Gasteiger partial charge in [-0.25, -0.2) is 4.79 Å². The zero-order chi connectivity index (χ0) is 14.3. The lowest BCUT2D eigenvalue weighted by molar-refractivity contribution is -0.140. The molecule has 0 spiro atoms. The van der Waals surface area contributed by atoms with Gasteiger partial charge in [0.1, 0.15) is 0 Å². The zero-order valence-electron chi connectivity index (χ0n) is 11.1. The van der Waals surface area contributed by atoms with Crippen LogP contribution in [0.25, 0.3) is 0 Å². The minimum atomic E-state index is -0.835. The summed E-state index contributed by atoms with van der Waals surface area (Å²) in [6.45, 7) is 1.31. The normalized spacial score (nSPS) is 18.8. The highest BCUT2D eigenvalue weighted by molar-refractivity contribution is 5.76. The second kappa shape index (κ2) is 7.60. The van der Waals surface area contributed by atoms with Gasteiger partial charge < -0.3 is 20.1 Å². The third-order valence-corrected chi connectivity index (χ3v) is 3.10. The molecule has 1 saturated heterocycles. The SMILES string of the molecule is COC(=O)CCNC(=O)N1CCCC(CC(=O)O)C1. The second-order valence-corrected chi connectivity index (χ2v) is 4.61. The van der Waals surface area contributed by atoms with E-state index in [0.717, 1.165) is 12.8 Å². The fourth-order valence-corrected chi connectivity index (χ4v) is 2.15. The van der Waals surface area contributed by atoms with Crippen molar-refractivity contribution in [3.05, 3.63) is 0 Å². The average molecular weight is 272 g/mol. The molecule has 0 bridgehead atoms. The summed E-state index contributed by atoms with van der Waals surface area (Å²) >= 11 is 0. The Kier molecular flexibility index (Phi) is 6.11. The van der Waals surface area contributed by atoms with Crippen LogP contribution in [0.15, 0.2) is 0 Å². The number of aliphatic carboxylic acids is 1. The molecule has 1 atom stereocenters. The molecule has 1 aliphatic rings. The van der Waals surface area contributed by atoms with Gasteiger partial charge in [0.05, 0.1) is 13.5 Å². The van der Waals surface area contributed by atoms with Gasteiger partial charge in [-0.3, -0.25) is 9.59 Å². The predicted molar refractivity (Wildman–Crippen MR) is 66.6 cm³/mol. The average Bonchev–Trinajstić information content (AvgIpc) is 2.37. The van der Waals surface area contributed by atoms with Crippen LogP contribution in [-0.4, -0.2) is 54.7 Å². The van der Waals surface area contributed by atoms with Crippen molar-refractivity contribution in [1.29, 1.82) is 0 Å². The van der Waals surface area contributed by atoms with E-state index in [4.69, 9.17) is 5.11 Å². The van der Waals surface area contributed by atoms with Crippen LogP contribution < -0.4 is 5.32 Å². The molecule has 7 nitrogen and oxygen atoms in total. The van der Waals surface area contributed by atoms with Gasteiger partial charge in [-0.15, -0.1) is 0 Å². The van der Waals surface area contributed by atoms with Crippen molar-refractivity contribution in [1.82, 2.24) is 10.2 Å². The number of urea groups is 1. The number of ether oxygens (including phenoxy) is 1. The van der Waals surface area contributed by atoms with E-state index in [1.807, 2.05) is 0 Å². The lowest BCUT2D eigenvalue weighted by atomic mass is 9.95. The summed E-state index contributed by atoms with van der Waals surface area (Å²) in [6, 6.07) is -0.251. The third kappa shape index (κ3) is 5.58. The molecule has 1 rings (SSSR count). The quantitative estimate of drug-likeness (QED) is 0.708. The Bertz CT molecular complexity index is 345. The molecule has 0 aromatic rings. The Morgan fingerprint density at radius 1 is 1.42 bits per heavy atom. The molecule has 7 heteroatoms. The number of piperidine rings is 1. The first kappa shape index (κ1) is 15.3. The Morgan fingerprint density at radius 3 is 2.79 bits per heavy atom. The molecule has 1 fully saturated rings. The molecule has 1 heterocycles. The van der Waals surface area contributed by atoms with Gasteiger partial charge in [-0.2, -0.15) is 0 Å². The highest BCUT2D eigenvalue weighted by atomic mass is 16.5. The van der Waals surface area contributed by atoms with Crippen molar-refractivity contribution in [3.63, 3.8) is 0 Å². The molecule has 1 unspecified atom stereocenters. The summed E-state index contributed by atoms with van der Waals surface area (Å²) in [5.41, 5.74) is 0. The smallest absolute Gasteiger partial charge is 0.317 e. The van der Waals surface area contributed by atoms with Gasteiger partial charge in [-0.05, 0) is 18.8 Å². The Hall–Kier alpha value is -1.79.